The number of aromatic nitrogens is 1. The number of anilines is 1. The number of aromatic hydroxyl groups is 1. The Morgan fingerprint density at radius 1 is 1.50 bits per heavy atom. The number of nitrogens with zero attached hydrogens (tertiary/aromatic N) is 3. The summed E-state index contributed by atoms with van der Waals surface area (Å²) in [6.45, 7) is 2.80. The number of hydrogen-bond acceptors (Lipinski definition) is 8. The SMILES string of the molecule is CCOC(=O)c1c(N2CCCC(O)C2)oc(C=C2C=Nc3ncccc32)c1O. The molecule has 1 saturated heterocycles. The maximum Gasteiger partial charge on any atom is 0.347 e. The molecule has 4 heterocycles. The van der Waals surface area contributed by atoms with Crippen molar-refractivity contribution >= 4 is 35.5 Å². The van der Waals surface area contributed by atoms with Gasteiger partial charge >= 0.3 is 5.97 Å². The predicted octanol–water partition coefficient (Wildman–Crippen LogP) is 2.77. The Kier molecular flexibility index (Phi) is 4.87. The number of fused-ring (bicyclic) bond motifs is 1. The van der Waals surface area contributed by atoms with E-state index in [1.807, 2.05) is 6.07 Å². The van der Waals surface area contributed by atoms with Gasteiger partial charge in [0.25, 0.3) is 0 Å². The summed E-state index contributed by atoms with van der Waals surface area (Å²) >= 11 is 0. The van der Waals surface area contributed by atoms with E-state index in [9.17, 15) is 15.0 Å². The average Bonchev–Trinajstić information content (AvgIpc) is 3.24. The highest BCUT2D eigenvalue weighted by molar-refractivity contribution is 6.21. The minimum atomic E-state index is -0.661. The van der Waals surface area contributed by atoms with Crippen molar-refractivity contribution in [3.63, 3.8) is 0 Å². The fraction of sp³-hybridized carbons (Fsp3) is 0.350. The molecule has 2 aromatic heterocycles. The molecule has 0 aliphatic carbocycles. The number of esters is 1. The number of ether oxygens (including phenoxy) is 1. The summed E-state index contributed by atoms with van der Waals surface area (Å²) in [6, 6.07) is 3.67. The van der Waals surface area contributed by atoms with Crippen molar-refractivity contribution in [1.82, 2.24) is 4.98 Å². The maximum atomic E-state index is 12.5. The number of piperidine rings is 1. The summed E-state index contributed by atoms with van der Waals surface area (Å²) in [6.07, 6.45) is 5.84. The summed E-state index contributed by atoms with van der Waals surface area (Å²) in [5.41, 5.74) is 1.50. The minimum absolute atomic E-state index is 0.0239. The third-order valence-electron chi connectivity index (χ3n) is 4.76. The fourth-order valence-corrected chi connectivity index (χ4v) is 3.46. The summed E-state index contributed by atoms with van der Waals surface area (Å²) < 4.78 is 11.0. The van der Waals surface area contributed by atoms with Crippen LogP contribution in [0, 0.1) is 0 Å². The van der Waals surface area contributed by atoms with Crippen molar-refractivity contribution in [3.05, 3.63) is 35.2 Å². The van der Waals surface area contributed by atoms with E-state index >= 15 is 0 Å². The average molecular weight is 383 g/mol. The highest BCUT2D eigenvalue weighted by Gasteiger charge is 2.32. The number of β-amino-alcohol motifs (C(OH)–C–C–N with tert-alkyl or cyclic N) is 1. The number of aliphatic hydroxyl groups excluding tert-OH is 1. The first kappa shape index (κ1) is 18.2. The van der Waals surface area contributed by atoms with Crippen molar-refractivity contribution in [2.75, 3.05) is 24.6 Å². The Balaban J connectivity index is 1.77. The van der Waals surface area contributed by atoms with Crippen molar-refractivity contribution < 1.29 is 24.2 Å². The number of aliphatic imine (C=N–C) groups is 1. The van der Waals surface area contributed by atoms with Crippen LogP contribution in [0.5, 0.6) is 5.75 Å². The van der Waals surface area contributed by atoms with Gasteiger partial charge in [0.2, 0.25) is 5.88 Å². The molecule has 8 nitrogen and oxygen atoms in total. The first-order chi connectivity index (χ1) is 13.6. The zero-order valence-corrected chi connectivity index (χ0v) is 15.5. The molecule has 4 rings (SSSR count). The number of rotatable bonds is 4. The van der Waals surface area contributed by atoms with E-state index in [0.717, 1.165) is 12.0 Å². The van der Waals surface area contributed by atoms with Gasteiger partial charge in [-0.15, -0.1) is 0 Å². The standard InChI is InChI=1S/C20H21N3O5/c1-2-27-20(26)16-17(25)15(28-19(16)23-8-4-5-13(24)11-23)9-12-10-22-18-14(12)6-3-7-21-18/h3,6-7,9-10,13,24-25H,2,4-5,8,11H2,1H3. The highest BCUT2D eigenvalue weighted by atomic mass is 16.5. The van der Waals surface area contributed by atoms with Crippen LogP contribution in [0.2, 0.25) is 0 Å². The fourth-order valence-electron chi connectivity index (χ4n) is 3.46. The molecular formula is C20H21N3O5. The molecule has 2 aromatic rings. The smallest absolute Gasteiger partial charge is 0.347 e. The quantitative estimate of drug-likeness (QED) is 0.782. The van der Waals surface area contributed by atoms with Gasteiger partial charge in [0, 0.05) is 36.6 Å². The minimum Gasteiger partial charge on any atom is -0.504 e. The molecule has 2 N–H and O–H groups in total. The Hall–Kier alpha value is -3.13. The van der Waals surface area contributed by atoms with Crippen LogP contribution in [0.25, 0.3) is 11.6 Å². The second-order valence-corrected chi connectivity index (χ2v) is 6.69. The van der Waals surface area contributed by atoms with E-state index in [0.29, 0.717) is 30.9 Å². The van der Waals surface area contributed by atoms with Gasteiger partial charge in [-0.25, -0.2) is 14.8 Å². The molecule has 1 unspecified atom stereocenters. The molecule has 28 heavy (non-hydrogen) atoms. The monoisotopic (exact) mass is 383 g/mol. The predicted molar refractivity (Wildman–Crippen MR) is 104 cm³/mol. The Bertz CT molecular complexity index is 963. The summed E-state index contributed by atoms with van der Waals surface area (Å²) in [4.78, 5) is 22.7. The Labute approximate surface area is 161 Å². The number of allylic oxidation sites excluding steroid dienone is 1. The van der Waals surface area contributed by atoms with Crippen LogP contribution in [-0.4, -0.2) is 53.2 Å². The highest BCUT2D eigenvalue weighted by Crippen LogP contribution is 2.40. The van der Waals surface area contributed by atoms with E-state index in [1.165, 1.54) is 0 Å². The number of aliphatic hydroxyl groups is 1. The molecule has 8 heteroatoms. The Morgan fingerprint density at radius 3 is 3.14 bits per heavy atom. The normalized spacial score (nSPS) is 19.9. The van der Waals surface area contributed by atoms with Crippen LogP contribution in [0.1, 0.15) is 41.4 Å². The molecular weight excluding hydrogens is 362 g/mol. The Morgan fingerprint density at radius 2 is 2.36 bits per heavy atom. The molecule has 0 radical (unpaired) electrons. The number of hydrogen-bond donors (Lipinski definition) is 2. The van der Waals surface area contributed by atoms with E-state index in [1.54, 1.807) is 36.4 Å². The van der Waals surface area contributed by atoms with Gasteiger partial charge in [0.1, 0.15) is 0 Å². The van der Waals surface area contributed by atoms with Gasteiger partial charge < -0.3 is 24.3 Å². The van der Waals surface area contributed by atoms with Gasteiger partial charge in [0.15, 0.2) is 22.9 Å². The van der Waals surface area contributed by atoms with Gasteiger partial charge in [0.05, 0.1) is 12.7 Å². The molecule has 146 valence electrons. The van der Waals surface area contributed by atoms with Gasteiger partial charge in [-0.2, -0.15) is 0 Å². The largest absolute Gasteiger partial charge is 0.504 e. The molecule has 2 aliphatic rings. The third kappa shape index (κ3) is 3.27. The molecule has 0 amide bonds. The number of pyridine rings is 1. The molecule has 1 fully saturated rings. The molecule has 2 aliphatic heterocycles. The second kappa shape index (κ2) is 7.47. The van der Waals surface area contributed by atoms with Crippen molar-refractivity contribution in [2.24, 2.45) is 4.99 Å². The first-order valence-electron chi connectivity index (χ1n) is 9.25. The topological polar surface area (TPSA) is 108 Å². The van der Waals surface area contributed by atoms with Crippen molar-refractivity contribution in [2.45, 2.75) is 25.9 Å². The van der Waals surface area contributed by atoms with E-state index in [2.05, 4.69) is 9.98 Å². The summed E-state index contributed by atoms with van der Waals surface area (Å²) in [7, 11) is 0. The summed E-state index contributed by atoms with van der Waals surface area (Å²) in [5.74, 6) is -0.0127. The van der Waals surface area contributed by atoms with Gasteiger partial charge in [-0.1, -0.05) is 0 Å². The van der Waals surface area contributed by atoms with Crippen LogP contribution < -0.4 is 4.90 Å². The van der Waals surface area contributed by atoms with Gasteiger partial charge in [-0.3, -0.25) is 0 Å². The number of furan rings is 1. The molecule has 0 aromatic carbocycles. The van der Waals surface area contributed by atoms with E-state index in [4.69, 9.17) is 9.15 Å². The lowest BCUT2D eigenvalue weighted by molar-refractivity contribution is 0.0523. The molecule has 0 spiro atoms. The zero-order chi connectivity index (χ0) is 19.7. The van der Waals surface area contributed by atoms with Crippen LogP contribution in [-0.2, 0) is 4.74 Å². The lowest BCUT2D eigenvalue weighted by Gasteiger charge is -2.30. The zero-order valence-electron chi connectivity index (χ0n) is 15.5. The first-order valence-corrected chi connectivity index (χ1v) is 9.25. The van der Waals surface area contributed by atoms with Crippen molar-refractivity contribution in [3.8, 4) is 5.75 Å². The summed E-state index contributed by atoms with van der Waals surface area (Å²) in [5, 5.41) is 20.7. The molecule has 1 atom stereocenters. The lowest BCUT2D eigenvalue weighted by atomic mass is 10.1. The van der Waals surface area contributed by atoms with Crippen LogP contribution in [0.3, 0.4) is 0 Å². The lowest BCUT2D eigenvalue weighted by Crippen LogP contribution is -2.38. The van der Waals surface area contributed by atoms with Crippen LogP contribution in [0.15, 0.2) is 27.7 Å². The van der Waals surface area contributed by atoms with Crippen molar-refractivity contribution in [1.29, 1.82) is 0 Å². The number of carbonyl (C=O) groups is 1. The van der Waals surface area contributed by atoms with E-state index in [-0.39, 0.29) is 29.6 Å². The second-order valence-electron chi connectivity index (χ2n) is 6.69. The molecule has 0 saturated carbocycles. The number of carbonyl (C=O) groups excluding carboxylic acids is 1. The van der Waals surface area contributed by atoms with E-state index < -0.39 is 12.1 Å². The maximum absolute atomic E-state index is 12.5. The molecule has 0 bridgehead atoms. The van der Waals surface area contributed by atoms with Crippen LogP contribution >= 0.6 is 0 Å². The van der Waals surface area contributed by atoms with Crippen LogP contribution in [0.4, 0.5) is 11.7 Å². The van der Waals surface area contributed by atoms with Gasteiger partial charge in [-0.05, 0) is 38.0 Å². The third-order valence-corrected chi connectivity index (χ3v) is 4.76.